The van der Waals surface area contributed by atoms with E-state index in [9.17, 15) is 4.79 Å². The molecule has 0 aromatic rings. The molecule has 2 unspecified atom stereocenters. The average Bonchev–Trinajstić information content (AvgIpc) is 2.49. The number of rotatable bonds is 5. The second-order valence-electron chi connectivity index (χ2n) is 6.03. The molecule has 0 bridgehead atoms. The van der Waals surface area contributed by atoms with Crippen LogP contribution in [-0.4, -0.2) is 74.2 Å². The second-order valence-corrected chi connectivity index (χ2v) is 6.03. The number of carbonyl (C=O) groups is 1. The number of hydrogen-bond acceptors (Lipinski definition) is 4. The first-order chi connectivity index (χ1) is 9.68. The summed E-state index contributed by atoms with van der Waals surface area (Å²) in [6.45, 7) is 6.92. The molecule has 0 saturated carbocycles. The number of nitrogens with one attached hydrogen (secondary N) is 1. The summed E-state index contributed by atoms with van der Waals surface area (Å²) in [5, 5.41) is 3.39. The lowest BCUT2D eigenvalue weighted by Gasteiger charge is -2.33. The van der Waals surface area contributed by atoms with Crippen molar-refractivity contribution in [3.05, 3.63) is 0 Å². The van der Waals surface area contributed by atoms with Gasteiger partial charge in [-0.2, -0.15) is 0 Å². The van der Waals surface area contributed by atoms with E-state index in [2.05, 4.69) is 17.3 Å². The van der Waals surface area contributed by atoms with Gasteiger partial charge < -0.3 is 19.9 Å². The standard InChI is InChI=1S/C15H29N3O2/c1-13(15(19)18-9-11-20-12-10-18)16-7-6-14-5-3-4-8-17(14)2/h13-14,16H,3-12H2,1-2H3. The Morgan fingerprint density at radius 1 is 1.30 bits per heavy atom. The molecule has 0 aromatic carbocycles. The fourth-order valence-electron chi connectivity index (χ4n) is 3.12. The number of carbonyl (C=O) groups excluding carboxylic acids is 1. The largest absolute Gasteiger partial charge is 0.378 e. The number of piperidine rings is 1. The van der Waals surface area contributed by atoms with Gasteiger partial charge in [-0.15, -0.1) is 0 Å². The van der Waals surface area contributed by atoms with Crippen molar-refractivity contribution in [1.82, 2.24) is 15.1 Å². The van der Waals surface area contributed by atoms with Gasteiger partial charge in [0.1, 0.15) is 0 Å². The number of amides is 1. The Labute approximate surface area is 122 Å². The Kier molecular flexibility index (Phi) is 6.26. The van der Waals surface area contributed by atoms with Crippen molar-refractivity contribution < 1.29 is 9.53 Å². The van der Waals surface area contributed by atoms with Crippen molar-refractivity contribution in [1.29, 1.82) is 0 Å². The molecule has 5 heteroatoms. The normalized spacial score (nSPS) is 26.5. The van der Waals surface area contributed by atoms with E-state index in [1.165, 1.54) is 25.8 Å². The van der Waals surface area contributed by atoms with Gasteiger partial charge >= 0.3 is 0 Å². The van der Waals surface area contributed by atoms with Crippen LogP contribution in [0, 0.1) is 0 Å². The minimum absolute atomic E-state index is 0.0815. The third-order valence-corrected chi connectivity index (χ3v) is 4.54. The van der Waals surface area contributed by atoms with Gasteiger partial charge in [-0.05, 0) is 46.3 Å². The zero-order chi connectivity index (χ0) is 14.4. The van der Waals surface area contributed by atoms with Gasteiger partial charge in [0.2, 0.25) is 5.91 Å². The van der Waals surface area contributed by atoms with Crippen molar-refractivity contribution in [2.75, 3.05) is 46.4 Å². The van der Waals surface area contributed by atoms with Crippen molar-refractivity contribution in [3.8, 4) is 0 Å². The Balaban J connectivity index is 1.66. The van der Waals surface area contributed by atoms with E-state index in [-0.39, 0.29) is 11.9 Å². The van der Waals surface area contributed by atoms with Crippen molar-refractivity contribution in [2.24, 2.45) is 0 Å². The van der Waals surface area contributed by atoms with Crippen molar-refractivity contribution in [3.63, 3.8) is 0 Å². The van der Waals surface area contributed by atoms with E-state index in [0.717, 1.165) is 26.1 Å². The molecule has 0 spiro atoms. The molecule has 20 heavy (non-hydrogen) atoms. The molecule has 2 rings (SSSR count). The lowest BCUT2D eigenvalue weighted by molar-refractivity contribution is -0.137. The van der Waals surface area contributed by atoms with Crippen LogP contribution in [0.25, 0.3) is 0 Å². The van der Waals surface area contributed by atoms with Crippen LogP contribution < -0.4 is 5.32 Å². The first-order valence-corrected chi connectivity index (χ1v) is 7.98. The number of hydrogen-bond donors (Lipinski definition) is 1. The van der Waals surface area contributed by atoms with Gasteiger partial charge in [0.15, 0.2) is 0 Å². The molecule has 1 N–H and O–H groups in total. The van der Waals surface area contributed by atoms with E-state index in [0.29, 0.717) is 19.3 Å². The first kappa shape index (κ1) is 15.7. The topological polar surface area (TPSA) is 44.8 Å². The molecular formula is C15H29N3O2. The maximum Gasteiger partial charge on any atom is 0.239 e. The monoisotopic (exact) mass is 283 g/mol. The summed E-state index contributed by atoms with van der Waals surface area (Å²) in [6.07, 6.45) is 5.10. The van der Waals surface area contributed by atoms with Gasteiger partial charge in [0.05, 0.1) is 19.3 Å². The van der Waals surface area contributed by atoms with Gasteiger partial charge in [0.25, 0.3) is 0 Å². The van der Waals surface area contributed by atoms with Crippen LogP contribution in [0.15, 0.2) is 0 Å². The Morgan fingerprint density at radius 3 is 2.75 bits per heavy atom. The van der Waals surface area contributed by atoms with Crippen LogP contribution in [0.4, 0.5) is 0 Å². The molecule has 5 nitrogen and oxygen atoms in total. The summed E-state index contributed by atoms with van der Waals surface area (Å²) in [6, 6.07) is 0.601. The maximum absolute atomic E-state index is 12.2. The number of nitrogens with zero attached hydrogens (tertiary/aromatic N) is 2. The number of morpholine rings is 1. The predicted octanol–water partition coefficient (Wildman–Crippen LogP) is 0.698. The molecular weight excluding hydrogens is 254 g/mol. The summed E-state index contributed by atoms with van der Waals surface area (Å²) < 4.78 is 5.28. The summed E-state index contributed by atoms with van der Waals surface area (Å²) in [5.74, 6) is 0.213. The molecule has 1 amide bonds. The Hall–Kier alpha value is -0.650. The SMILES string of the molecule is CC(NCCC1CCCCN1C)C(=O)N1CCOCC1. The molecule has 0 aromatic heterocycles. The van der Waals surface area contributed by atoms with Crippen molar-refractivity contribution in [2.45, 2.75) is 44.7 Å². The van der Waals surface area contributed by atoms with Crippen molar-refractivity contribution >= 4 is 5.91 Å². The molecule has 2 atom stereocenters. The summed E-state index contributed by atoms with van der Waals surface area (Å²) >= 11 is 0. The van der Waals surface area contributed by atoms with Gasteiger partial charge in [-0.3, -0.25) is 4.79 Å². The summed E-state index contributed by atoms with van der Waals surface area (Å²) in [4.78, 5) is 16.6. The highest BCUT2D eigenvalue weighted by Gasteiger charge is 2.23. The van der Waals surface area contributed by atoms with Crippen LogP contribution in [0.3, 0.4) is 0 Å². The highest BCUT2D eigenvalue weighted by atomic mass is 16.5. The molecule has 0 aliphatic carbocycles. The molecule has 2 heterocycles. The predicted molar refractivity (Wildman–Crippen MR) is 79.7 cm³/mol. The molecule has 0 radical (unpaired) electrons. The van der Waals surface area contributed by atoms with E-state index in [4.69, 9.17) is 4.74 Å². The quantitative estimate of drug-likeness (QED) is 0.807. The lowest BCUT2D eigenvalue weighted by atomic mass is 10.00. The molecule has 2 aliphatic rings. The zero-order valence-corrected chi connectivity index (χ0v) is 12.9. The first-order valence-electron chi connectivity index (χ1n) is 7.98. The highest BCUT2D eigenvalue weighted by molar-refractivity contribution is 5.81. The average molecular weight is 283 g/mol. The zero-order valence-electron chi connectivity index (χ0n) is 12.9. The number of ether oxygens (including phenoxy) is 1. The summed E-state index contributed by atoms with van der Waals surface area (Å²) in [7, 11) is 2.21. The van der Waals surface area contributed by atoms with Crippen LogP contribution in [-0.2, 0) is 9.53 Å². The van der Waals surface area contributed by atoms with E-state index in [1.807, 2.05) is 11.8 Å². The molecule has 2 aliphatic heterocycles. The lowest BCUT2D eigenvalue weighted by Crippen LogP contribution is -2.50. The molecule has 116 valence electrons. The van der Waals surface area contributed by atoms with Gasteiger partial charge in [-0.25, -0.2) is 0 Å². The number of likely N-dealkylation sites (tertiary alicyclic amines) is 1. The third-order valence-electron chi connectivity index (χ3n) is 4.54. The Morgan fingerprint density at radius 2 is 2.05 bits per heavy atom. The fraction of sp³-hybridized carbons (Fsp3) is 0.933. The molecule has 2 fully saturated rings. The van der Waals surface area contributed by atoms with E-state index < -0.39 is 0 Å². The van der Waals surface area contributed by atoms with Crippen LogP contribution in [0.1, 0.15) is 32.6 Å². The van der Waals surface area contributed by atoms with Gasteiger partial charge in [-0.1, -0.05) is 6.42 Å². The minimum Gasteiger partial charge on any atom is -0.378 e. The second kappa shape index (κ2) is 7.96. The maximum atomic E-state index is 12.2. The van der Waals surface area contributed by atoms with Crippen LogP contribution in [0.5, 0.6) is 0 Å². The minimum atomic E-state index is -0.0815. The van der Waals surface area contributed by atoms with Crippen LogP contribution in [0.2, 0.25) is 0 Å². The summed E-state index contributed by atoms with van der Waals surface area (Å²) in [5.41, 5.74) is 0. The van der Waals surface area contributed by atoms with E-state index >= 15 is 0 Å². The van der Waals surface area contributed by atoms with Gasteiger partial charge in [0, 0.05) is 19.1 Å². The smallest absolute Gasteiger partial charge is 0.239 e. The highest BCUT2D eigenvalue weighted by Crippen LogP contribution is 2.17. The fourth-order valence-corrected chi connectivity index (χ4v) is 3.12. The molecule has 2 saturated heterocycles. The Bertz CT molecular complexity index is 305. The third kappa shape index (κ3) is 4.43. The van der Waals surface area contributed by atoms with E-state index in [1.54, 1.807) is 0 Å². The van der Waals surface area contributed by atoms with Crippen LogP contribution >= 0.6 is 0 Å².